The number of carbonyl (C=O) groups is 3. The van der Waals surface area contributed by atoms with Crippen molar-refractivity contribution in [2.75, 3.05) is 26.2 Å². The number of piperidine rings is 1. The Balaban J connectivity index is 1.41. The number of hydroxylamine groups is 1. The van der Waals surface area contributed by atoms with Crippen LogP contribution in [-0.2, 0) is 14.3 Å². The van der Waals surface area contributed by atoms with Gasteiger partial charge in [-0.3, -0.25) is 14.8 Å². The molecule has 3 aliphatic rings. The SMILES string of the molecule is O=C(NO)[C@H]1C[C@H](OC(=O)N2CCCC2)CN[C@@H]1C(=O)C1CC(c2ccccc2)=CCN1. The molecule has 9 nitrogen and oxygen atoms in total. The van der Waals surface area contributed by atoms with Gasteiger partial charge in [0.1, 0.15) is 6.10 Å². The molecule has 0 bridgehead atoms. The smallest absolute Gasteiger partial charge is 0.410 e. The van der Waals surface area contributed by atoms with Gasteiger partial charge in [0.2, 0.25) is 5.91 Å². The number of nitrogens with one attached hydrogen (secondary N) is 3. The van der Waals surface area contributed by atoms with Gasteiger partial charge in [-0.25, -0.2) is 10.3 Å². The van der Waals surface area contributed by atoms with Gasteiger partial charge in [0, 0.05) is 26.2 Å². The summed E-state index contributed by atoms with van der Waals surface area (Å²) in [6.07, 6.45) is 3.72. The molecule has 0 aliphatic carbocycles. The molecule has 1 aromatic rings. The third-order valence-corrected chi connectivity index (χ3v) is 6.49. The van der Waals surface area contributed by atoms with Gasteiger partial charge in [-0.1, -0.05) is 36.4 Å². The van der Waals surface area contributed by atoms with E-state index in [1.54, 1.807) is 10.4 Å². The topological polar surface area (TPSA) is 120 Å². The summed E-state index contributed by atoms with van der Waals surface area (Å²) in [6, 6.07) is 8.66. The van der Waals surface area contributed by atoms with Crippen molar-refractivity contribution in [2.45, 2.75) is 43.9 Å². The van der Waals surface area contributed by atoms with Crippen LogP contribution in [0.15, 0.2) is 36.4 Å². The van der Waals surface area contributed by atoms with Gasteiger partial charge >= 0.3 is 6.09 Å². The molecule has 0 aromatic heterocycles. The fraction of sp³-hybridized carbons (Fsp3) is 0.522. The zero-order valence-corrected chi connectivity index (χ0v) is 18.0. The molecular weight excluding hydrogens is 412 g/mol. The van der Waals surface area contributed by atoms with Crippen LogP contribution in [0.1, 0.15) is 31.2 Å². The molecular formula is C23H30N4O5. The zero-order chi connectivity index (χ0) is 22.5. The van der Waals surface area contributed by atoms with Crippen LogP contribution >= 0.6 is 0 Å². The average Bonchev–Trinajstić information content (AvgIpc) is 3.39. The number of rotatable bonds is 5. The first-order valence-corrected chi connectivity index (χ1v) is 11.2. The van der Waals surface area contributed by atoms with Crippen molar-refractivity contribution >= 4 is 23.4 Å². The highest BCUT2D eigenvalue weighted by molar-refractivity contribution is 5.96. The predicted octanol–water partition coefficient (Wildman–Crippen LogP) is 1.09. The number of hydrogen-bond donors (Lipinski definition) is 4. The molecule has 1 unspecified atom stereocenters. The molecule has 1 aromatic carbocycles. The lowest BCUT2D eigenvalue weighted by Gasteiger charge is -2.37. The van der Waals surface area contributed by atoms with E-state index in [2.05, 4.69) is 16.7 Å². The van der Waals surface area contributed by atoms with Gasteiger partial charge in [-0.05, 0) is 36.8 Å². The summed E-state index contributed by atoms with van der Waals surface area (Å²) in [5.41, 5.74) is 3.83. The fourth-order valence-corrected chi connectivity index (χ4v) is 4.76. The standard InChI is InChI=1S/C23H30N4O5/c28-21(19-12-16(8-9-24-19)15-6-2-1-3-7-15)20-18(22(29)26-31)13-17(14-25-20)32-23(30)27-10-4-5-11-27/h1-3,6-8,17-20,24-25,31H,4-5,9-14H2,(H,26,29)/t17-,18-,19?,20-/m0/s1. The van der Waals surface area contributed by atoms with Crippen molar-refractivity contribution in [1.82, 2.24) is 21.0 Å². The van der Waals surface area contributed by atoms with Crippen molar-refractivity contribution in [3.05, 3.63) is 42.0 Å². The predicted molar refractivity (Wildman–Crippen MR) is 117 cm³/mol. The molecule has 0 radical (unpaired) electrons. The Bertz CT molecular complexity index is 868. The molecule has 3 heterocycles. The van der Waals surface area contributed by atoms with E-state index in [1.807, 2.05) is 30.3 Å². The lowest BCUT2D eigenvalue weighted by Crippen LogP contribution is -2.60. The number of carbonyl (C=O) groups excluding carboxylic acids is 3. The third kappa shape index (κ3) is 5.01. The van der Waals surface area contributed by atoms with Crippen molar-refractivity contribution in [1.29, 1.82) is 0 Å². The van der Waals surface area contributed by atoms with Crippen LogP contribution < -0.4 is 16.1 Å². The van der Waals surface area contributed by atoms with Gasteiger partial charge in [-0.2, -0.15) is 0 Å². The Morgan fingerprint density at radius 3 is 2.56 bits per heavy atom. The first-order chi connectivity index (χ1) is 15.6. The highest BCUT2D eigenvalue weighted by Crippen LogP contribution is 2.27. The molecule has 9 heteroatoms. The van der Waals surface area contributed by atoms with E-state index in [1.165, 1.54) is 0 Å². The number of nitrogens with zero attached hydrogens (tertiary/aromatic N) is 1. The lowest BCUT2D eigenvalue weighted by atomic mass is 9.82. The molecule has 4 atom stereocenters. The monoisotopic (exact) mass is 442 g/mol. The Morgan fingerprint density at radius 2 is 1.84 bits per heavy atom. The fourth-order valence-electron chi connectivity index (χ4n) is 4.76. The second kappa shape index (κ2) is 10.2. The van der Waals surface area contributed by atoms with Crippen molar-refractivity contribution < 1.29 is 24.3 Å². The van der Waals surface area contributed by atoms with Crippen LogP contribution in [0.25, 0.3) is 5.57 Å². The number of ketones is 1. The van der Waals surface area contributed by atoms with E-state index in [-0.39, 0.29) is 18.7 Å². The van der Waals surface area contributed by atoms with Crippen molar-refractivity contribution in [2.24, 2.45) is 5.92 Å². The van der Waals surface area contributed by atoms with Crippen LogP contribution in [0, 0.1) is 5.92 Å². The molecule has 172 valence electrons. The zero-order valence-electron chi connectivity index (χ0n) is 18.0. The second-order valence-electron chi connectivity index (χ2n) is 8.57. The Morgan fingerprint density at radius 1 is 1.09 bits per heavy atom. The number of likely N-dealkylation sites (tertiary alicyclic amines) is 1. The third-order valence-electron chi connectivity index (χ3n) is 6.49. The number of Topliss-reactive ketones (excluding diaryl/α,β-unsaturated/α-hetero) is 1. The van der Waals surface area contributed by atoms with E-state index in [0.29, 0.717) is 26.1 Å². The lowest BCUT2D eigenvalue weighted by molar-refractivity contribution is -0.141. The highest BCUT2D eigenvalue weighted by Gasteiger charge is 2.43. The molecule has 3 aliphatic heterocycles. The van der Waals surface area contributed by atoms with Crippen molar-refractivity contribution in [3.8, 4) is 0 Å². The summed E-state index contributed by atoms with van der Waals surface area (Å²) in [5.74, 6) is -1.64. The summed E-state index contributed by atoms with van der Waals surface area (Å²) < 4.78 is 5.58. The van der Waals surface area contributed by atoms with E-state index in [0.717, 1.165) is 24.0 Å². The Kier molecular flexibility index (Phi) is 7.19. The first kappa shape index (κ1) is 22.4. The minimum atomic E-state index is -0.842. The minimum Gasteiger partial charge on any atom is -0.445 e. The van der Waals surface area contributed by atoms with E-state index < -0.39 is 36.1 Å². The van der Waals surface area contributed by atoms with Gasteiger partial charge in [0.05, 0.1) is 18.0 Å². The Hall–Kier alpha value is -2.75. The molecule has 4 N–H and O–H groups in total. The van der Waals surface area contributed by atoms with Gasteiger partial charge in [-0.15, -0.1) is 0 Å². The summed E-state index contributed by atoms with van der Waals surface area (Å²) in [6.45, 7) is 2.18. The van der Waals surface area contributed by atoms with Crippen LogP contribution in [0.3, 0.4) is 0 Å². The second-order valence-corrected chi connectivity index (χ2v) is 8.57. The average molecular weight is 443 g/mol. The summed E-state index contributed by atoms with van der Waals surface area (Å²) >= 11 is 0. The molecule has 32 heavy (non-hydrogen) atoms. The van der Waals surface area contributed by atoms with Gasteiger partial charge in [0.25, 0.3) is 0 Å². The number of amides is 2. The minimum absolute atomic E-state index is 0.135. The number of ether oxygens (including phenoxy) is 1. The molecule has 2 amide bonds. The maximum atomic E-state index is 13.4. The molecule has 0 spiro atoms. The van der Waals surface area contributed by atoms with Crippen molar-refractivity contribution in [3.63, 3.8) is 0 Å². The largest absolute Gasteiger partial charge is 0.445 e. The summed E-state index contributed by atoms with van der Waals surface area (Å²) in [7, 11) is 0. The van der Waals surface area contributed by atoms with Crippen LogP contribution in [-0.4, -0.2) is 72.3 Å². The van der Waals surface area contributed by atoms with E-state index >= 15 is 0 Å². The van der Waals surface area contributed by atoms with Crippen LogP contribution in [0.5, 0.6) is 0 Å². The summed E-state index contributed by atoms with van der Waals surface area (Å²) in [5, 5.41) is 15.6. The maximum Gasteiger partial charge on any atom is 0.410 e. The van der Waals surface area contributed by atoms with Gasteiger partial charge in [0.15, 0.2) is 5.78 Å². The highest BCUT2D eigenvalue weighted by atomic mass is 16.6. The number of hydrogen-bond acceptors (Lipinski definition) is 7. The quantitative estimate of drug-likeness (QED) is 0.398. The van der Waals surface area contributed by atoms with Gasteiger partial charge < -0.3 is 20.3 Å². The summed E-state index contributed by atoms with van der Waals surface area (Å²) in [4.78, 5) is 39.8. The van der Waals surface area contributed by atoms with E-state index in [4.69, 9.17) is 4.74 Å². The van der Waals surface area contributed by atoms with Crippen LogP contribution in [0.2, 0.25) is 0 Å². The van der Waals surface area contributed by atoms with Crippen LogP contribution in [0.4, 0.5) is 4.79 Å². The number of benzene rings is 1. The molecule has 2 saturated heterocycles. The maximum absolute atomic E-state index is 13.4. The van der Waals surface area contributed by atoms with E-state index in [9.17, 15) is 19.6 Å². The molecule has 0 saturated carbocycles. The normalized spacial score (nSPS) is 28.0. The molecule has 2 fully saturated rings. The Labute approximate surface area is 187 Å². The molecule has 4 rings (SSSR count). The first-order valence-electron chi connectivity index (χ1n) is 11.2.